The molecule has 4 nitrogen and oxygen atoms in total. The molecular weight excluding hydrogens is 242 g/mol. The fourth-order valence-electron chi connectivity index (χ4n) is 1.99. The number of nitrogens with one attached hydrogen (secondary N) is 1. The molecule has 0 spiro atoms. The molecule has 0 saturated carbocycles. The van der Waals surface area contributed by atoms with Gasteiger partial charge in [-0.05, 0) is 32.9 Å². The second-order valence-electron chi connectivity index (χ2n) is 4.69. The van der Waals surface area contributed by atoms with Crippen molar-refractivity contribution < 1.29 is 14.6 Å². The molecule has 0 saturated heterocycles. The average molecular weight is 267 g/mol. The van der Waals surface area contributed by atoms with Crippen molar-refractivity contribution in [1.29, 1.82) is 0 Å². The van der Waals surface area contributed by atoms with E-state index in [0.717, 1.165) is 23.4 Å². The van der Waals surface area contributed by atoms with Crippen molar-refractivity contribution in [2.24, 2.45) is 0 Å². The summed E-state index contributed by atoms with van der Waals surface area (Å²) in [6, 6.07) is 5.81. The van der Waals surface area contributed by atoms with Crippen molar-refractivity contribution in [3.63, 3.8) is 0 Å². The first-order valence-corrected chi connectivity index (χ1v) is 6.73. The van der Waals surface area contributed by atoms with E-state index in [0.29, 0.717) is 13.2 Å². The minimum absolute atomic E-state index is 0.150. The summed E-state index contributed by atoms with van der Waals surface area (Å²) in [6.45, 7) is 7.90. The molecule has 0 aromatic heterocycles. The third-order valence-electron chi connectivity index (χ3n) is 2.96. The van der Waals surface area contributed by atoms with Crippen LogP contribution in [-0.2, 0) is 4.74 Å². The highest BCUT2D eigenvalue weighted by Gasteiger charge is 2.13. The molecule has 1 aromatic rings. The zero-order valence-electron chi connectivity index (χ0n) is 12.3. The molecule has 0 bridgehead atoms. The summed E-state index contributed by atoms with van der Waals surface area (Å²) in [6.07, 6.45) is -0.430. The summed E-state index contributed by atoms with van der Waals surface area (Å²) in [5, 5.41) is 13.4. The number of aliphatic hydroxyl groups excluding tert-OH is 1. The number of aryl methyl sites for hydroxylation is 1. The molecule has 0 amide bonds. The number of hydrogen-bond donors (Lipinski definition) is 2. The summed E-state index contributed by atoms with van der Waals surface area (Å²) in [5.74, 6) is 0.720. The van der Waals surface area contributed by atoms with Crippen molar-refractivity contribution in [2.45, 2.75) is 33.0 Å². The van der Waals surface area contributed by atoms with Crippen LogP contribution in [0.5, 0.6) is 5.75 Å². The number of ether oxygens (including phenoxy) is 2. The van der Waals surface area contributed by atoms with E-state index in [9.17, 15) is 5.11 Å². The van der Waals surface area contributed by atoms with E-state index >= 15 is 0 Å². The average Bonchev–Trinajstić information content (AvgIpc) is 2.38. The molecule has 0 aliphatic rings. The lowest BCUT2D eigenvalue weighted by atomic mass is 10.1. The Morgan fingerprint density at radius 3 is 2.68 bits per heavy atom. The van der Waals surface area contributed by atoms with Crippen molar-refractivity contribution in [3.05, 3.63) is 29.3 Å². The second kappa shape index (κ2) is 8.15. The Balaban J connectivity index is 2.53. The Bertz CT molecular complexity index is 382. The Morgan fingerprint density at radius 2 is 2.05 bits per heavy atom. The maximum absolute atomic E-state index is 10.2. The van der Waals surface area contributed by atoms with Gasteiger partial charge in [0.2, 0.25) is 0 Å². The molecule has 1 rings (SSSR count). The Kier molecular flexibility index (Phi) is 6.84. The molecule has 2 atom stereocenters. The van der Waals surface area contributed by atoms with Crippen LogP contribution in [0.4, 0.5) is 0 Å². The summed E-state index contributed by atoms with van der Waals surface area (Å²) < 4.78 is 10.7. The van der Waals surface area contributed by atoms with Gasteiger partial charge in [0.05, 0.1) is 19.3 Å². The Labute approximate surface area is 115 Å². The van der Waals surface area contributed by atoms with Gasteiger partial charge in [-0.3, -0.25) is 0 Å². The fraction of sp³-hybridized carbons (Fsp3) is 0.600. The SMILES string of the molecule is CCOC(C)CNCC(O)c1cc(C)ccc1OC. The molecule has 0 heterocycles. The maximum atomic E-state index is 10.2. The van der Waals surface area contributed by atoms with E-state index in [-0.39, 0.29) is 6.10 Å². The van der Waals surface area contributed by atoms with Crippen LogP contribution in [0.2, 0.25) is 0 Å². The van der Waals surface area contributed by atoms with E-state index in [1.165, 1.54) is 0 Å². The molecule has 0 fully saturated rings. The van der Waals surface area contributed by atoms with Crippen LogP contribution in [0.25, 0.3) is 0 Å². The maximum Gasteiger partial charge on any atom is 0.124 e. The zero-order chi connectivity index (χ0) is 14.3. The molecule has 0 radical (unpaired) electrons. The van der Waals surface area contributed by atoms with Crippen LogP contribution in [0.1, 0.15) is 31.1 Å². The van der Waals surface area contributed by atoms with Crippen LogP contribution in [0, 0.1) is 6.92 Å². The molecule has 2 unspecified atom stereocenters. The van der Waals surface area contributed by atoms with Crippen molar-refractivity contribution in [3.8, 4) is 5.75 Å². The minimum Gasteiger partial charge on any atom is -0.496 e. The first-order chi connectivity index (χ1) is 9.08. The molecule has 0 aliphatic heterocycles. The van der Waals surface area contributed by atoms with E-state index < -0.39 is 6.10 Å². The Morgan fingerprint density at radius 1 is 1.32 bits per heavy atom. The van der Waals surface area contributed by atoms with Gasteiger partial charge in [-0.15, -0.1) is 0 Å². The molecule has 2 N–H and O–H groups in total. The monoisotopic (exact) mass is 267 g/mol. The molecular formula is C15H25NO3. The van der Waals surface area contributed by atoms with Crippen molar-refractivity contribution >= 4 is 0 Å². The topological polar surface area (TPSA) is 50.7 Å². The standard InChI is InChI=1S/C15H25NO3/c1-5-19-12(3)9-16-10-14(17)13-8-11(2)6-7-15(13)18-4/h6-8,12,14,16-17H,5,9-10H2,1-4H3. The summed E-state index contributed by atoms with van der Waals surface area (Å²) in [4.78, 5) is 0. The normalized spacial score (nSPS) is 14.2. The predicted molar refractivity (Wildman–Crippen MR) is 76.6 cm³/mol. The number of hydrogen-bond acceptors (Lipinski definition) is 4. The lowest BCUT2D eigenvalue weighted by molar-refractivity contribution is 0.0722. The van der Waals surface area contributed by atoms with Crippen molar-refractivity contribution in [1.82, 2.24) is 5.32 Å². The van der Waals surface area contributed by atoms with Gasteiger partial charge in [-0.2, -0.15) is 0 Å². The van der Waals surface area contributed by atoms with Gasteiger partial charge in [0.25, 0.3) is 0 Å². The number of methoxy groups -OCH3 is 1. The van der Waals surface area contributed by atoms with Gasteiger partial charge in [0.1, 0.15) is 5.75 Å². The Hall–Kier alpha value is -1.10. The number of rotatable bonds is 8. The minimum atomic E-state index is -0.580. The first-order valence-electron chi connectivity index (χ1n) is 6.73. The summed E-state index contributed by atoms with van der Waals surface area (Å²) >= 11 is 0. The fourth-order valence-corrected chi connectivity index (χ4v) is 1.99. The van der Waals surface area contributed by atoms with Gasteiger partial charge in [0.15, 0.2) is 0 Å². The lowest BCUT2D eigenvalue weighted by Gasteiger charge is -2.18. The van der Waals surface area contributed by atoms with E-state index in [2.05, 4.69) is 5.32 Å². The summed E-state index contributed by atoms with van der Waals surface area (Å²) in [7, 11) is 1.62. The predicted octanol–water partition coefficient (Wildman–Crippen LogP) is 2.05. The van der Waals surface area contributed by atoms with Crippen LogP contribution in [0.15, 0.2) is 18.2 Å². The van der Waals surface area contributed by atoms with Gasteiger partial charge in [-0.1, -0.05) is 11.6 Å². The molecule has 0 aliphatic carbocycles. The van der Waals surface area contributed by atoms with E-state index in [1.54, 1.807) is 7.11 Å². The van der Waals surface area contributed by atoms with E-state index in [1.807, 2.05) is 39.0 Å². The van der Waals surface area contributed by atoms with Gasteiger partial charge in [-0.25, -0.2) is 0 Å². The highest BCUT2D eigenvalue weighted by Crippen LogP contribution is 2.25. The number of benzene rings is 1. The molecule has 4 heteroatoms. The third kappa shape index (κ3) is 5.19. The van der Waals surface area contributed by atoms with E-state index in [4.69, 9.17) is 9.47 Å². The molecule has 108 valence electrons. The quantitative estimate of drug-likeness (QED) is 0.757. The largest absolute Gasteiger partial charge is 0.496 e. The molecule has 1 aromatic carbocycles. The van der Waals surface area contributed by atoms with Crippen LogP contribution in [-0.4, -0.2) is 38.0 Å². The van der Waals surface area contributed by atoms with Crippen LogP contribution >= 0.6 is 0 Å². The smallest absolute Gasteiger partial charge is 0.124 e. The van der Waals surface area contributed by atoms with Gasteiger partial charge < -0.3 is 19.9 Å². The van der Waals surface area contributed by atoms with Crippen LogP contribution in [0.3, 0.4) is 0 Å². The van der Waals surface area contributed by atoms with Gasteiger partial charge >= 0.3 is 0 Å². The summed E-state index contributed by atoms with van der Waals surface area (Å²) in [5.41, 5.74) is 1.93. The molecule has 19 heavy (non-hydrogen) atoms. The zero-order valence-corrected chi connectivity index (χ0v) is 12.3. The lowest BCUT2D eigenvalue weighted by Crippen LogP contribution is -2.30. The highest BCUT2D eigenvalue weighted by atomic mass is 16.5. The number of aliphatic hydroxyl groups is 1. The van der Waals surface area contributed by atoms with Crippen molar-refractivity contribution in [2.75, 3.05) is 26.8 Å². The van der Waals surface area contributed by atoms with Gasteiger partial charge in [0, 0.05) is 25.3 Å². The third-order valence-corrected chi connectivity index (χ3v) is 2.96. The van der Waals surface area contributed by atoms with Crippen LogP contribution < -0.4 is 10.1 Å². The highest BCUT2D eigenvalue weighted by molar-refractivity contribution is 5.38. The first kappa shape index (κ1) is 16.0. The second-order valence-corrected chi connectivity index (χ2v) is 4.69.